The van der Waals surface area contributed by atoms with Crippen LogP contribution in [0.3, 0.4) is 0 Å². The second-order valence-electron chi connectivity index (χ2n) is 8.16. The molecule has 0 saturated carbocycles. The summed E-state index contributed by atoms with van der Waals surface area (Å²) >= 11 is 0. The van der Waals surface area contributed by atoms with Crippen molar-refractivity contribution in [2.45, 2.75) is 18.9 Å². The number of aromatic nitrogens is 3. The minimum Gasteiger partial charge on any atom is -0.457 e. The molecule has 0 spiro atoms. The predicted octanol–water partition coefficient (Wildman–Crippen LogP) is 3.21. The van der Waals surface area contributed by atoms with Gasteiger partial charge in [-0.2, -0.15) is 0 Å². The van der Waals surface area contributed by atoms with Crippen LogP contribution in [0.4, 0.5) is 5.82 Å². The number of fused-ring (bicyclic) bond motifs is 2. The molecule has 2 aromatic carbocycles. The number of pyridine rings is 1. The van der Waals surface area contributed by atoms with Gasteiger partial charge in [-0.3, -0.25) is 9.13 Å². The Morgan fingerprint density at radius 1 is 1.06 bits per heavy atom. The SMILES string of the molecule is Nc1nccc2c1n(-c1ccc(Oc3ccc4c(c3)OCO4)cc1)c(=O)n2[C@@H]1CCCNC1. The van der Waals surface area contributed by atoms with Crippen LogP contribution in [0.15, 0.2) is 59.5 Å². The summed E-state index contributed by atoms with van der Waals surface area (Å²) in [7, 11) is 0. The van der Waals surface area contributed by atoms with Gasteiger partial charge in [0.05, 0.1) is 17.2 Å². The molecular formula is C24H23N5O4. The van der Waals surface area contributed by atoms with Crippen LogP contribution < -0.4 is 31.0 Å². The molecule has 2 aliphatic heterocycles. The van der Waals surface area contributed by atoms with E-state index in [1.165, 1.54) is 0 Å². The van der Waals surface area contributed by atoms with Crippen LogP contribution in [-0.2, 0) is 0 Å². The summed E-state index contributed by atoms with van der Waals surface area (Å²) in [6.45, 7) is 1.94. The largest absolute Gasteiger partial charge is 0.457 e. The van der Waals surface area contributed by atoms with Gasteiger partial charge in [0.15, 0.2) is 11.5 Å². The van der Waals surface area contributed by atoms with Crippen LogP contribution in [0, 0.1) is 0 Å². The zero-order valence-corrected chi connectivity index (χ0v) is 17.9. The van der Waals surface area contributed by atoms with E-state index in [1.54, 1.807) is 16.8 Å². The van der Waals surface area contributed by atoms with Crippen LogP contribution in [0.25, 0.3) is 16.7 Å². The molecule has 2 aliphatic rings. The molecule has 33 heavy (non-hydrogen) atoms. The molecule has 0 radical (unpaired) electrons. The van der Waals surface area contributed by atoms with Gasteiger partial charge in [0.2, 0.25) is 6.79 Å². The van der Waals surface area contributed by atoms with Gasteiger partial charge in [0.1, 0.15) is 22.8 Å². The first-order chi connectivity index (χ1) is 16.2. The van der Waals surface area contributed by atoms with Gasteiger partial charge >= 0.3 is 5.69 Å². The number of anilines is 1. The highest BCUT2D eigenvalue weighted by Gasteiger charge is 2.24. The first kappa shape index (κ1) is 19.7. The van der Waals surface area contributed by atoms with E-state index in [4.69, 9.17) is 19.9 Å². The molecule has 1 atom stereocenters. The average molecular weight is 445 g/mol. The van der Waals surface area contributed by atoms with Crippen molar-refractivity contribution in [2.75, 3.05) is 25.6 Å². The first-order valence-corrected chi connectivity index (χ1v) is 10.9. The number of nitrogens with two attached hydrogens (primary N) is 1. The number of piperidine rings is 1. The number of rotatable bonds is 4. The maximum atomic E-state index is 13.6. The second-order valence-corrected chi connectivity index (χ2v) is 8.16. The predicted molar refractivity (Wildman–Crippen MR) is 124 cm³/mol. The van der Waals surface area contributed by atoms with E-state index in [-0.39, 0.29) is 18.5 Å². The number of imidazole rings is 1. The van der Waals surface area contributed by atoms with Gasteiger partial charge in [0, 0.05) is 18.8 Å². The Kier molecular flexibility index (Phi) is 4.69. The number of hydrogen-bond donors (Lipinski definition) is 2. The normalized spacial score (nSPS) is 17.4. The fourth-order valence-corrected chi connectivity index (χ4v) is 4.58. The molecule has 6 rings (SSSR count). The topological polar surface area (TPSA) is 106 Å². The molecule has 0 bridgehead atoms. The maximum absolute atomic E-state index is 13.6. The van der Waals surface area contributed by atoms with Crippen molar-refractivity contribution in [3.8, 4) is 28.7 Å². The van der Waals surface area contributed by atoms with Crippen LogP contribution in [0.2, 0.25) is 0 Å². The molecule has 4 heterocycles. The maximum Gasteiger partial charge on any atom is 0.334 e. The summed E-state index contributed by atoms with van der Waals surface area (Å²) in [5.74, 6) is 2.96. The van der Waals surface area contributed by atoms with E-state index in [9.17, 15) is 4.79 Å². The highest BCUT2D eigenvalue weighted by Crippen LogP contribution is 2.36. The highest BCUT2D eigenvalue weighted by atomic mass is 16.7. The lowest BCUT2D eigenvalue weighted by atomic mass is 10.1. The smallest absolute Gasteiger partial charge is 0.334 e. The number of nitrogens with zero attached hydrogens (tertiary/aromatic N) is 3. The molecule has 0 amide bonds. The summed E-state index contributed by atoms with van der Waals surface area (Å²) in [6.07, 6.45) is 3.61. The van der Waals surface area contributed by atoms with Crippen LogP contribution in [-0.4, -0.2) is 34.0 Å². The standard InChI is InChI=1S/C24H23N5O4/c25-23-22-19(9-11-27-23)28(16-2-1-10-26-13-16)24(30)29(22)15-3-5-17(6-4-15)33-18-7-8-20-21(12-18)32-14-31-20/h3-9,11-12,16,26H,1-2,10,13-14H2,(H2,25,27)/t16-/m1/s1. The molecule has 2 aromatic heterocycles. The fraction of sp³-hybridized carbons (Fsp3) is 0.250. The van der Waals surface area contributed by atoms with E-state index in [0.29, 0.717) is 40.0 Å². The summed E-state index contributed by atoms with van der Waals surface area (Å²) in [4.78, 5) is 17.8. The van der Waals surface area contributed by atoms with E-state index in [0.717, 1.165) is 31.4 Å². The minimum atomic E-state index is -0.122. The molecule has 0 unspecified atom stereocenters. The van der Waals surface area contributed by atoms with E-state index in [1.807, 2.05) is 47.0 Å². The van der Waals surface area contributed by atoms with E-state index in [2.05, 4.69) is 10.3 Å². The third-order valence-corrected chi connectivity index (χ3v) is 6.12. The van der Waals surface area contributed by atoms with Gasteiger partial charge in [0.25, 0.3) is 0 Å². The Labute approximate surface area is 189 Å². The van der Waals surface area contributed by atoms with Crippen molar-refractivity contribution in [2.24, 2.45) is 0 Å². The number of nitrogen functional groups attached to an aromatic ring is 1. The molecule has 0 aliphatic carbocycles. The van der Waals surface area contributed by atoms with Crippen molar-refractivity contribution >= 4 is 16.9 Å². The number of ether oxygens (including phenoxy) is 3. The van der Waals surface area contributed by atoms with Gasteiger partial charge in [-0.1, -0.05) is 0 Å². The third-order valence-electron chi connectivity index (χ3n) is 6.12. The number of benzene rings is 2. The molecule has 1 saturated heterocycles. The molecule has 9 nitrogen and oxygen atoms in total. The molecule has 3 N–H and O–H groups in total. The molecule has 1 fully saturated rings. The Bertz CT molecular complexity index is 1390. The molecular weight excluding hydrogens is 422 g/mol. The van der Waals surface area contributed by atoms with Gasteiger partial charge in [-0.25, -0.2) is 9.78 Å². The number of hydrogen-bond acceptors (Lipinski definition) is 7. The first-order valence-electron chi connectivity index (χ1n) is 10.9. The van der Waals surface area contributed by atoms with Gasteiger partial charge in [-0.15, -0.1) is 0 Å². The van der Waals surface area contributed by atoms with E-state index >= 15 is 0 Å². The Morgan fingerprint density at radius 2 is 1.88 bits per heavy atom. The summed E-state index contributed by atoms with van der Waals surface area (Å²) < 4.78 is 20.2. The Balaban J connectivity index is 1.37. The Morgan fingerprint density at radius 3 is 2.70 bits per heavy atom. The Hall–Kier alpha value is -3.98. The lowest BCUT2D eigenvalue weighted by Gasteiger charge is -2.23. The lowest BCUT2D eigenvalue weighted by molar-refractivity contribution is 0.174. The highest BCUT2D eigenvalue weighted by molar-refractivity contribution is 5.87. The lowest BCUT2D eigenvalue weighted by Crippen LogP contribution is -2.36. The average Bonchev–Trinajstić information content (AvgIpc) is 3.42. The molecule has 168 valence electrons. The molecule has 4 aromatic rings. The quantitative estimate of drug-likeness (QED) is 0.497. The molecule has 9 heteroatoms. The van der Waals surface area contributed by atoms with Crippen molar-refractivity contribution in [3.63, 3.8) is 0 Å². The van der Waals surface area contributed by atoms with E-state index < -0.39 is 0 Å². The van der Waals surface area contributed by atoms with Gasteiger partial charge < -0.3 is 25.3 Å². The van der Waals surface area contributed by atoms with Crippen molar-refractivity contribution in [1.29, 1.82) is 0 Å². The summed E-state index contributed by atoms with van der Waals surface area (Å²) in [5, 5.41) is 3.39. The van der Waals surface area contributed by atoms with Crippen LogP contribution in [0.1, 0.15) is 18.9 Å². The monoisotopic (exact) mass is 445 g/mol. The number of nitrogens with one attached hydrogen (secondary N) is 1. The van der Waals surface area contributed by atoms with Gasteiger partial charge in [-0.05, 0) is 61.9 Å². The third kappa shape index (κ3) is 3.37. The zero-order chi connectivity index (χ0) is 22.4. The summed E-state index contributed by atoms with van der Waals surface area (Å²) in [6, 6.07) is 14.7. The van der Waals surface area contributed by atoms with Crippen molar-refractivity contribution < 1.29 is 14.2 Å². The summed E-state index contributed by atoms with van der Waals surface area (Å²) in [5.41, 5.74) is 8.23. The minimum absolute atomic E-state index is 0.0745. The zero-order valence-electron chi connectivity index (χ0n) is 17.9. The van der Waals surface area contributed by atoms with Crippen molar-refractivity contribution in [3.05, 3.63) is 65.2 Å². The van der Waals surface area contributed by atoms with Crippen LogP contribution >= 0.6 is 0 Å². The van der Waals surface area contributed by atoms with Crippen molar-refractivity contribution in [1.82, 2.24) is 19.4 Å². The van der Waals surface area contributed by atoms with Crippen LogP contribution in [0.5, 0.6) is 23.0 Å². The second kappa shape index (κ2) is 7.86. The fourth-order valence-electron chi connectivity index (χ4n) is 4.58.